The van der Waals surface area contributed by atoms with Gasteiger partial charge in [-0.05, 0) is 64.2 Å². The smallest absolute Gasteiger partial charge is 0.170 e. The molecular formula is C37H42N6O2. The maximum atomic E-state index is 13.0. The molecule has 232 valence electrons. The van der Waals surface area contributed by atoms with E-state index in [-0.39, 0.29) is 23.4 Å². The zero-order chi connectivity index (χ0) is 31.7. The van der Waals surface area contributed by atoms with E-state index in [1.165, 1.54) is 11.3 Å². The Morgan fingerprint density at radius 1 is 0.822 bits per heavy atom. The van der Waals surface area contributed by atoms with Crippen molar-refractivity contribution in [1.82, 2.24) is 23.7 Å². The molecule has 0 N–H and O–H groups in total. The van der Waals surface area contributed by atoms with Crippen LogP contribution in [0.2, 0.25) is 0 Å². The molecule has 2 unspecified atom stereocenters. The normalized spacial score (nSPS) is 17.9. The SMILES string of the molecule is Cc1ccccc1N(C)C1=CC(=O)C(Cn2ccnc2C)CC1.Cc1nccn1CC1CCc2c(c3ccccc3n2C)C1=O. The van der Waals surface area contributed by atoms with Gasteiger partial charge in [0, 0.05) is 103 Å². The van der Waals surface area contributed by atoms with Gasteiger partial charge in [0.2, 0.25) is 0 Å². The van der Waals surface area contributed by atoms with Crippen molar-refractivity contribution in [3.63, 3.8) is 0 Å². The van der Waals surface area contributed by atoms with Crippen molar-refractivity contribution < 1.29 is 9.59 Å². The molecule has 8 heteroatoms. The summed E-state index contributed by atoms with van der Waals surface area (Å²) in [5.41, 5.74) is 6.76. The third kappa shape index (κ3) is 6.01. The summed E-state index contributed by atoms with van der Waals surface area (Å²) in [7, 11) is 4.11. The first kappa shape index (κ1) is 30.3. The summed E-state index contributed by atoms with van der Waals surface area (Å²) in [5, 5.41) is 1.09. The van der Waals surface area contributed by atoms with Gasteiger partial charge in [0.15, 0.2) is 11.6 Å². The maximum Gasteiger partial charge on any atom is 0.170 e. The van der Waals surface area contributed by atoms with Crippen LogP contribution in [0.15, 0.2) is 85.1 Å². The number of aromatic nitrogens is 5. The number of fused-ring (bicyclic) bond motifs is 3. The number of ketones is 2. The second kappa shape index (κ2) is 12.7. The van der Waals surface area contributed by atoms with Gasteiger partial charge in [0.25, 0.3) is 0 Å². The molecule has 45 heavy (non-hydrogen) atoms. The standard InChI is InChI=1S/C19H23N3O.C18H19N3O/c1-14-6-4-5-7-18(14)21(3)17-9-8-16(19(23)12-17)13-22-11-10-20-15(22)2;1-12-19-9-10-21(12)11-13-7-8-16-17(18(13)22)14-5-3-4-6-15(14)20(16)2/h4-7,10-12,16H,8-9,13H2,1-3H3;3-6,9-10,13H,7-8,11H2,1-2H3. The Hall–Kier alpha value is -4.72. The van der Waals surface area contributed by atoms with Crippen LogP contribution in [0.5, 0.6) is 0 Å². The summed E-state index contributed by atoms with van der Waals surface area (Å²) in [5.74, 6) is 2.54. The van der Waals surface area contributed by atoms with Crippen molar-refractivity contribution in [2.24, 2.45) is 18.9 Å². The summed E-state index contributed by atoms with van der Waals surface area (Å²) in [4.78, 5) is 36.2. The number of para-hydroxylation sites is 2. The Kier molecular flexibility index (Phi) is 8.57. The van der Waals surface area contributed by atoms with E-state index in [2.05, 4.69) is 66.8 Å². The predicted molar refractivity (Wildman–Crippen MR) is 178 cm³/mol. The Balaban J connectivity index is 0.000000159. The molecule has 8 nitrogen and oxygen atoms in total. The molecule has 2 aliphatic rings. The largest absolute Gasteiger partial charge is 0.348 e. The van der Waals surface area contributed by atoms with E-state index in [9.17, 15) is 9.59 Å². The van der Waals surface area contributed by atoms with Gasteiger partial charge in [-0.2, -0.15) is 0 Å². The highest BCUT2D eigenvalue weighted by Crippen LogP contribution is 2.34. The molecule has 0 aliphatic heterocycles. The van der Waals surface area contributed by atoms with E-state index in [1.807, 2.05) is 63.6 Å². The molecule has 0 spiro atoms. The van der Waals surface area contributed by atoms with Crippen LogP contribution in [0.3, 0.4) is 0 Å². The molecule has 3 heterocycles. The minimum absolute atomic E-state index is 0.0474. The van der Waals surface area contributed by atoms with Gasteiger partial charge in [-0.1, -0.05) is 36.4 Å². The second-order valence-corrected chi connectivity index (χ2v) is 12.4. The Labute approximate surface area is 265 Å². The average molecular weight is 603 g/mol. The third-order valence-corrected chi connectivity index (χ3v) is 9.62. The molecular weight excluding hydrogens is 560 g/mol. The van der Waals surface area contributed by atoms with Crippen molar-refractivity contribution in [3.8, 4) is 0 Å². The first-order valence-corrected chi connectivity index (χ1v) is 15.8. The van der Waals surface area contributed by atoms with Crippen molar-refractivity contribution in [3.05, 3.63) is 114 Å². The lowest BCUT2D eigenvalue weighted by Gasteiger charge is -2.29. The summed E-state index contributed by atoms with van der Waals surface area (Å²) in [6.45, 7) is 7.51. The average Bonchev–Trinajstić information content (AvgIpc) is 3.73. The molecule has 0 amide bonds. The molecule has 0 fully saturated rings. The number of allylic oxidation sites excluding steroid dienone is 2. The highest BCUT2D eigenvalue weighted by molar-refractivity contribution is 6.11. The molecule has 0 bridgehead atoms. The van der Waals surface area contributed by atoms with Crippen molar-refractivity contribution in [2.75, 3.05) is 11.9 Å². The van der Waals surface area contributed by atoms with Gasteiger partial charge in [0.05, 0.1) is 0 Å². The van der Waals surface area contributed by atoms with Gasteiger partial charge in [0.1, 0.15) is 11.6 Å². The first-order valence-electron chi connectivity index (χ1n) is 15.8. The van der Waals surface area contributed by atoms with E-state index in [0.717, 1.165) is 78.3 Å². The van der Waals surface area contributed by atoms with Crippen LogP contribution in [0, 0.1) is 32.6 Å². The third-order valence-electron chi connectivity index (χ3n) is 9.62. The molecule has 0 radical (unpaired) electrons. The zero-order valence-corrected chi connectivity index (χ0v) is 26.9. The number of hydrogen-bond donors (Lipinski definition) is 0. The zero-order valence-electron chi connectivity index (χ0n) is 26.9. The fourth-order valence-electron chi connectivity index (χ4n) is 6.86. The van der Waals surface area contributed by atoms with Crippen LogP contribution in [0.1, 0.15) is 52.5 Å². The van der Waals surface area contributed by atoms with Gasteiger partial charge in [-0.3, -0.25) is 9.59 Å². The van der Waals surface area contributed by atoms with Gasteiger partial charge in [-0.15, -0.1) is 0 Å². The Morgan fingerprint density at radius 2 is 1.44 bits per heavy atom. The number of nitrogens with zero attached hydrogens (tertiary/aromatic N) is 6. The highest BCUT2D eigenvalue weighted by atomic mass is 16.1. The number of anilines is 1. The number of benzene rings is 2. The molecule has 2 aromatic carbocycles. The molecule has 0 saturated heterocycles. The van der Waals surface area contributed by atoms with E-state index in [0.29, 0.717) is 0 Å². The molecule has 2 aliphatic carbocycles. The van der Waals surface area contributed by atoms with Crippen molar-refractivity contribution >= 4 is 28.2 Å². The number of carbonyl (C=O) groups excluding carboxylic acids is 2. The van der Waals surface area contributed by atoms with Crippen LogP contribution in [0.25, 0.3) is 10.9 Å². The fraction of sp³-hybridized carbons (Fsp3) is 0.351. The Bertz CT molecular complexity index is 1890. The van der Waals surface area contributed by atoms with E-state index >= 15 is 0 Å². The lowest BCUT2D eigenvalue weighted by Crippen LogP contribution is -2.28. The van der Waals surface area contributed by atoms with Crippen LogP contribution >= 0.6 is 0 Å². The topological polar surface area (TPSA) is 78.0 Å². The molecule has 3 aromatic heterocycles. The number of carbonyl (C=O) groups is 2. The van der Waals surface area contributed by atoms with Gasteiger partial charge >= 0.3 is 0 Å². The van der Waals surface area contributed by atoms with Crippen molar-refractivity contribution in [2.45, 2.75) is 59.5 Å². The number of imidazole rings is 2. The van der Waals surface area contributed by atoms with E-state index in [1.54, 1.807) is 12.4 Å². The number of Topliss-reactive ketones (excluding diaryl/α,β-unsaturated/α-hetero) is 1. The quantitative estimate of drug-likeness (QED) is 0.218. The van der Waals surface area contributed by atoms with E-state index < -0.39 is 0 Å². The predicted octanol–water partition coefficient (Wildman–Crippen LogP) is 6.63. The fourth-order valence-corrected chi connectivity index (χ4v) is 6.86. The second-order valence-electron chi connectivity index (χ2n) is 12.4. The summed E-state index contributed by atoms with van der Waals surface area (Å²) in [6.07, 6.45) is 13.0. The van der Waals surface area contributed by atoms with E-state index in [4.69, 9.17) is 0 Å². The van der Waals surface area contributed by atoms with Crippen molar-refractivity contribution in [1.29, 1.82) is 0 Å². The first-order chi connectivity index (χ1) is 21.7. The molecule has 2 atom stereocenters. The summed E-state index contributed by atoms with van der Waals surface area (Å²) >= 11 is 0. The van der Waals surface area contributed by atoms with Gasteiger partial charge in [-0.25, -0.2) is 9.97 Å². The van der Waals surface area contributed by atoms with Crippen LogP contribution < -0.4 is 4.90 Å². The van der Waals surface area contributed by atoms with Gasteiger partial charge < -0.3 is 18.6 Å². The minimum atomic E-state index is 0.0474. The highest BCUT2D eigenvalue weighted by Gasteiger charge is 2.32. The lowest BCUT2D eigenvalue weighted by atomic mass is 9.85. The molecule has 0 saturated carbocycles. The van der Waals surface area contributed by atoms with Crippen LogP contribution in [-0.2, 0) is 31.4 Å². The maximum absolute atomic E-state index is 13.0. The Morgan fingerprint density at radius 3 is 2.09 bits per heavy atom. The van der Waals surface area contributed by atoms with Crippen LogP contribution in [-0.4, -0.2) is 42.3 Å². The molecule has 5 aromatic rings. The lowest BCUT2D eigenvalue weighted by molar-refractivity contribution is -0.119. The number of rotatable bonds is 6. The monoisotopic (exact) mass is 602 g/mol. The summed E-state index contributed by atoms with van der Waals surface area (Å²) < 4.78 is 6.33. The summed E-state index contributed by atoms with van der Waals surface area (Å²) in [6, 6.07) is 16.5. The minimum Gasteiger partial charge on any atom is -0.348 e. The molecule has 7 rings (SSSR count). The number of aryl methyl sites for hydroxylation is 4. The number of hydrogen-bond acceptors (Lipinski definition) is 5. The van der Waals surface area contributed by atoms with Crippen LogP contribution in [0.4, 0.5) is 5.69 Å².